The Bertz CT molecular complexity index is 170. The topological polar surface area (TPSA) is 37.3 Å². The van der Waals surface area contributed by atoms with Gasteiger partial charge in [0.1, 0.15) is 0 Å². The van der Waals surface area contributed by atoms with Gasteiger partial charge in [-0.1, -0.05) is 5.87 Å². The molecular formula is C6H10O2S. The molecule has 0 bridgehead atoms. The third-order valence-electron chi connectivity index (χ3n) is 0.715. The SMILES string of the molecule is C=S(C)C=C(C)C(=O)O. The molecule has 0 radical (unpaired) electrons. The molecular weight excluding hydrogens is 136 g/mol. The lowest BCUT2D eigenvalue weighted by Gasteiger charge is -1.91. The van der Waals surface area contributed by atoms with Crippen LogP contribution in [0.5, 0.6) is 0 Å². The molecule has 9 heavy (non-hydrogen) atoms. The summed E-state index contributed by atoms with van der Waals surface area (Å²) in [5, 5.41) is 9.98. The van der Waals surface area contributed by atoms with Crippen LogP contribution in [0, 0.1) is 0 Å². The fraction of sp³-hybridized carbons (Fsp3) is 0.333. The van der Waals surface area contributed by atoms with Crippen molar-refractivity contribution in [3.63, 3.8) is 0 Å². The van der Waals surface area contributed by atoms with Crippen molar-refractivity contribution >= 4 is 22.3 Å². The molecule has 0 aromatic carbocycles. The summed E-state index contributed by atoms with van der Waals surface area (Å²) in [6, 6.07) is 0. The van der Waals surface area contributed by atoms with E-state index in [4.69, 9.17) is 5.11 Å². The van der Waals surface area contributed by atoms with E-state index < -0.39 is 5.97 Å². The first-order valence-corrected chi connectivity index (χ1v) is 4.26. The van der Waals surface area contributed by atoms with Crippen LogP contribution in [0.3, 0.4) is 0 Å². The van der Waals surface area contributed by atoms with Gasteiger partial charge in [0.15, 0.2) is 0 Å². The van der Waals surface area contributed by atoms with Gasteiger partial charge in [0.05, 0.1) is 0 Å². The lowest BCUT2D eigenvalue weighted by atomic mass is 10.4. The quantitative estimate of drug-likeness (QED) is 0.471. The summed E-state index contributed by atoms with van der Waals surface area (Å²) in [6.45, 7) is 1.57. The summed E-state index contributed by atoms with van der Waals surface area (Å²) in [7, 11) is -0.159. The number of rotatable bonds is 2. The molecule has 0 heterocycles. The largest absolute Gasteiger partial charge is 0.478 e. The Morgan fingerprint density at radius 2 is 2.22 bits per heavy atom. The Morgan fingerprint density at radius 1 is 1.78 bits per heavy atom. The van der Waals surface area contributed by atoms with Gasteiger partial charge in [-0.25, -0.2) is 4.79 Å². The van der Waals surface area contributed by atoms with Crippen molar-refractivity contribution < 1.29 is 9.90 Å². The summed E-state index contributed by atoms with van der Waals surface area (Å²) in [4.78, 5) is 10.1. The highest BCUT2D eigenvalue weighted by Crippen LogP contribution is 2.07. The van der Waals surface area contributed by atoms with E-state index in [2.05, 4.69) is 5.87 Å². The van der Waals surface area contributed by atoms with Gasteiger partial charge >= 0.3 is 5.97 Å². The van der Waals surface area contributed by atoms with Crippen molar-refractivity contribution in [1.29, 1.82) is 0 Å². The van der Waals surface area contributed by atoms with Crippen molar-refractivity contribution in [1.82, 2.24) is 0 Å². The molecule has 52 valence electrons. The molecule has 0 fully saturated rings. The number of aliphatic carboxylic acids is 1. The van der Waals surface area contributed by atoms with Crippen LogP contribution >= 0.6 is 10.5 Å². The maximum Gasteiger partial charge on any atom is 0.331 e. The molecule has 3 heteroatoms. The first-order chi connectivity index (χ1) is 4.04. The van der Waals surface area contributed by atoms with E-state index in [1.165, 1.54) is 0 Å². The van der Waals surface area contributed by atoms with Crippen LogP contribution in [0.1, 0.15) is 6.92 Å². The Hall–Kier alpha value is -0.570. The average molecular weight is 146 g/mol. The van der Waals surface area contributed by atoms with Crippen molar-refractivity contribution in [2.45, 2.75) is 6.92 Å². The second kappa shape index (κ2) is 3.45. The van der Waals surface area contributed by atoms with E-state index in [-0.39, 0.29) is 10.5 Å². The monoisotopic (exact) mass is 146 g/mol. The smallest absolute Gasteiger partial charge is 0.331 e. The van der Waals surface area contributed by atoms with E-state index in [0.29, 0.717) is 5.57 Å². The fourth-order valence-electron chi connectivity index (χ4n) is 0.352. The van der Waals surface area contributed by atoms with Gasteiger partial charge in [-0.15, -0.1) is 0 Å². The molecule has 0 aromatic rings. The molecule has 0 saturated carbocycles. The normalized spacial score (nSPS) is 15.1. The predicted octanol–water partition coefficient (Wildman–Crippen LogP) is 1.31. The summed E-state index contributed by atoms with van der Waals surface area (Å²) in [6.07, 6.45) is 1.87. The van der Waals surface area contributed by atoms with Crippen LogP contribution in [0.4, 0.5) is 0 Å². The number of hydrogen-bond acceptors (Lipinski definition) is 1. The van der Waals surface area contributed by atoms with Gasteiger partial charge in [-0.3, -0.25) is 0 Å². The van der Waals surface area contributed by atoms with E-state index in [1.807, 2.05) is 6.26 Å². The predicted molar refractivity (Wildman–Crippen MR) is 42.0 cm³/mol. The average Bonchev–Trinajstić information content (AvgIpc) is 1.63. The summed E-state index contributed by atoms with van der Waals surface area (Å²) in [5.74, 6) is 2.79. The third kappa shape index (κ3) is 3.97. The van der Waals surface area contributed by atoms with Crippen molar-refractivity contribution in [2.24, 2.45) is 0 Å². The number of carboxylic acid groups (broad SMARTS) is 1. The van der Waals surface area contributed by atoms with E-state index in [9.17, 15) is 4.79 Å². The minimum atomic E-state index is -0.863. The molecule has 0 rings (SSSR count). The summed E-state index contributed by atoms with van der Waals surface area (Å²) in [5.41, 5.74) is 0.371. The standard InChI is InChI=1S/C6H10O2S/c1-5(6(7)8)4-9(2)3/h4H,2H2,1,3H3,(H,7,8). The van der Waals surface area contributed by atoms with Gasteiger partial charge < -0.3 is 5.11 Å². The number of carbonyl (C=O) groups is 1. The van der Waals surface area contributed by atoms with Crippen LogP contribution in [0.15, 0.2) is 11.0 Å². The van der Waals surface area contributed by atoms with Gasteiger partial charge in [-0.2, -0.15) is 10.5 Å². The minimum absolute atomic E-state index is 0.159. The number of carboxylic acids is 1. The Labute approximate surface area is 57.1 Å². The van der Waals surface area contributed by atoms with Crippen molar-refractivity contribution in [2.75, 3.05) is 6.26 Å². The second-order valence-electron chi connectivity index (χ2n) is 1.80. The molecule has 1 unspecified atom stereocenters. The zero-order valence-corrected chi connectivity index (χ0v) is 6.36. The zero-order valence-electron chi connectivity index (χ0n) is 5.55. The third-order valence-corrected chi connectivity index (χ3v) is 1.47. The molecule has 0 saturated heterocycles. The minimum Gasteiger partial charge on any atom is -0.478 e. The Kier molecular flexibility index (Phi) is 3.24. The van der Waals surface area contributed by atoms with Gasteiger partial charge in [0.2, 0.25) is 0 Å². The van der Waals surface area contributed by atoms with Gasteiger partial charge in [0.25, 0.3) is 0 Å². The molecule has 2 nitrogen and oxygen atoms in total. The van der Waals surface area contributed by atoms with Gasteiger partial charge in [-0.05, 0) is 18.6 Å². The highest BCUT2D eigenvalue weighted by Gasteiger charge is 1.96. The highest BCUT2D eigenvalue weighted by atomic mass is 32.2. The molecule has 0 aliphatic rings. The lowest BCUT2D eigenvalue weighted by molar-refractivity contribution is -0.132. The fourth-order valence-corrected chi connectivity index (χ4v) is 1.06. The molecule has 0 aliphatic heterocycles. The van der Waals surface area contributed by atoms with E-state index in [0.717, 1.165) is 0 Å². The molecule has 0 amide bonds. The molecule has 0 aromatic heterocycles. The van der Waals surface area contributed by atoms with E-state index >= 15 is 0 Å². The summed E-state index contributed by atoms with van der Waals surface area (Å²) >= 11 is 0. The van der Waals surface area contributed by atoms with Crippen LogP contribution in [0.25, 0.3) is 0 Å². The van der Waals surface area contributed by atoms with Crippen LogP contribution in [0.2, 0.25) is 0 Å². The highest BCUT2D eigenvalue weighted by molar-refractivity contribution is 8.16. The summed E-state index contributed by atoms with van der Waals surface area (Å²) < 4.78 is 0. The molecule has 0 aliphatic carbocycles. The first-order valence-electron chi connectivity index (χ1n) is 2.40. The molecule has 0 spiro atoms. The first kappa shape index (κ1) is 8.43. The van der Waals surface area contributed by atoms with Crippen LogP contribution in [-0.4, -0.2) is 23.2 Å². The second-order valence-corrected chi connectivity index (χ2v) is 3.41. The number of hydrogen-bond donors (Lipinski definition) is 1. The molecule has 1 N–H and O–H groups in total. The van der Waals surface area contributed by atoms with E-state index in [1.54, 1.807) is 12.3 Å². The van der Waals surface area contributed by atoms with Crippen molar-refractivity contribution in [3.8, 4) is 0 Å². The van der Waals surface area contributed by atoms with Crippen LogP contribution in [-0.2, 0) is 4.79 Å². The maximum atomic E-state index is 10.1. The van der Waals surface area contributed by atoms with Crippen molar-refractivity contribution in [3.05, 3.63) is 11.0 Å². The maximum absolute atomic E-state index is 10.1. The Morgan fingerprint density at radius 3 is 2.33 bits per heavy atom. The lowest BCUT2D eigenvalue weighted by Crippen LogP contribution is -1.94. The zero-order chi connectivity index (χ0) is 7.44. The van der Waals surface area contributed by atoms with Crippen LogP contribution < -0.4 is 0 Å². The van der Waals surface area contributed by atoms with Gasteiger partial charge in [0, 0.05) is 5.57 Å². The molecule has 1 atom stereocenters. The Balaban J connectivity index is 4.17.